The fourth-order valence-electron chi connectivity index (χ4n) is 1.36. The lowest BCUT2D eigenvalue weighted by Gasteiger charge is -2.03. The Labute approximate surface area is 94.7 Å². The zero-order chi connectivity index (χ0) is 11.6. The molecule has 0 aliphatic carbocycles. The van der Waals surface area contributed by atoms with E-state index in [1.54, 1.807) is 42.6 Å². The van der Waals surface area contributed by atoms with Crippen molar-refractivity contribution in [1.82, 2.24) is 4.98 Å². The topological polar surface area (TPSA) is 47.0 Å². The van der Waals surface area contributed by atoms with Crippen LogP contribution >= 0.6 is 0 Å². The molecule has 1 heterocycles. The van der Waals surface area contributed by atoms with E-state index < -0.39 is 9.84 Å². The molecule has 1 aromatic carbocycles. The van der Waals surface area contributed by atoms with E-state index in [4.69, 9.17) is 0 Å². The van der Waals surface area contributed by atoms with Gasteiger partial charge in [0.1, 0.15) is 0 Å². The number of hydrogen-bond acceptors (Lipinski definition) is 3. The third-order valence-corrected chi connectivity index (χ3v) is 4.03. The molecule has 3 nitrogen and oxygen atoms in total. The number of benzene rings is 1. The van der Waals surface area contributed by atoms with Gasteiger partial charge in [0.15, 0.2) is 0 Å². The Hall–Kier alpha value is -1.68. The van der Waals surface area contributed by atoms with Crippen molar-refractivity contribution in [3.63, 3.8) is 0 Å². The van der Waals surface area contributed by atoms with Crippen molar-refractivity contribution in [3.05, 3.63) is 54.4 Å². The van der Waals surface area contributed by atoms with Gasteiger partial charge < -0.3 is 0 Å². The molecule has 0 saturated carbocycles. The monoisotopic (exact) mass is 233 g/mol. The van der Waals surface area contributed by atoms with E-state index in [1.807, 2.05) is 6.92 Å². The highest BCUT2D eigenvalue weighted by Gasteiger charge is 2.16. The lowest BCUT2D eigenvalue weighted by molar-refractivity contribution is 0.595. The smallest absolute Gasteiger partial charge is 0.208 e. The van der Waals surface area contributed by atoms with E-state index in [2.05, 4.69) is 4.98 Å². The van der Waals surface area contributed by atoms with Crippen molar-refractivity contribution in [3.8, 4) is 0 Å². The second-order valence-corrected chi connectivity index (χ2v) is 5.45. The summed E-state index contributed by atoms with van der Waals surface area (Å²) in [6.07, 6.45) is 2.91. The molecule has 0 saturated heterocycles. The van der Waals surface area contributed by atoms with E-state index in [-0.39, 0.29) is 4.90 Å². The molecule has 16 heavy (non-hydrogen) atoms. The van der Waals surface area contributed by atoms with Crippen LogP contribution in [-0.4, -0.2) is 13.4 Å². The third kappa shape index (κ3) is 1.97. The van der Waals surface area contributed by atoms with Gasteiger partial charge >= 0.3 is 0 Å². The van der Waals surface area contributed by atoms with Gasteiger partial charge in [-0.2, -0.15) is 0 Å². The molecule has 2 rings (SSSR count). The highest BCUT2D eigenvalue weighted by atomic mass is 32.2. The standard InChI is InChI=1S/C12H11NO2S/c1-10-4-6-11(7-5-10)16(14,15)12-3-2-8-13-9-12/h2-9H,1H3. The van der Waals surface area contributed by atoms with Gasteiger partial charge in [0.2, 0.25) is 9.84 Å². The van der Waals surface area contributed by atoms with E-state index >= 15 is 0 Å². The number of nitrogens with zero attached hydrogens (tertiary/aromatic N) is 1. The van der Waals surface area contributed by atoms with Gasteiger partial charge in [0.25, 0.3) is 0 Å². The molecule has 0 amide bonds. The van der Waals surface area contributed by atoms with Crippen LogP contribution in [0.15, 0.2) is 58.6 Å². The molecule has 0 radical (unpaired) electrons. The number of aromatic nitrogens is 1. The van der Waals surface area contributed by atoms with Gasteiger partial charge in [0.05, 0.1) is 9.79 Å². The van der Waals surface area contributed by atoms with Gasteiger partial charge in [-0.3, -0.25) is 4.98 Å². The van der Waals surface area contributed by atoms with E-state index in [1.165, 1.54) is 6.20 Å². The van der Waals surface area contributed by atoms with Gasteiger partial charge in [-0.05, 0) is 31.2 Å². The summed E-state index contributed by atoms with van der Waals surface area (Å²) in [6, 6.07) is 9.94. The number of rotatable bonds is 2. The molecular formula is C12H11NO2S. The van der Waals surface area contributed by atoms with Crippen molar-refractivity contribution in [2.45, 2.75) is 16.7 Å². The maximum Gasteiger partial charge on any atom is 0.208 e. The second kappa shape index (κ2) is 4.06. The highest BCUT2D eigenvalue weighted by Crippen LogP contribution is 2.19. The molecule has 82 valence electrons. The van der Waals surface area contributed by atoms with E-state index in [9.17, 15) is 8.42 Å². The predicted molar refractivity (Wildman–Crippen MR) is 60.9 cm³/mol. The van der Waals surface area contributed by atoms with Crippen LogP contribution in [0, 0.1) is 6.92 Å². The minimum Gasteiger partial charge on any atom is -0.263 e. The van der Waals surface area contributed by atoms with Crippen LogP contribution in [0.2, 0.25) is 0 Å². The van der Waals surface area contributed by atoms with Crippen LogP contribution in [0.25, 0.3) is 0 Å². The molecule has 0 fully saturated rings. The molecule has 0 aliphatic heterocycles. The summed E-state index contributed by atoms with van der Waals surface area (Å²) in [7, 11) is -3.42. The van der Waals surface area contributed by atoms with Crippen molar-refractivity contribution in [1.29, 1.82) is 0 Å². The van der Waals surface area contributed by atoms with Crippen molar-refractivity contribution in [2.24, 2.45) is 0 Å². The van der Waals surface area contributed by atoms with E-state index in [0.29, 0.717) is 4.90 Å². The van der Waals surface area contributed by atoms with Crippen LogP contribution in [0.5, 0.6) is 0 Å². The van der Waals surface area contributed by atoms with Crippen LogP contribution in [0.1, 0.15) is 5.56 Å². The highest BCUT2D eigenvalue weighted by molar-refractivity contribution is 7.91. The molecule has 0 unspecified atom stereocenters. The van der Waals surface area contributed by atoms with Crippen molar-refractivity contribution in [2.75, 3.05) is 0 Å². The number of pyridine rings is 1. The summed E-state index contributed by atoms with van der Waals surface area (Å²) in [4.78, 5) is 4.33. The molecule has 0 bridgehead atoms. The van der Waals surface area contributed by atoms with Crippen LogP contribution in [-0.2, 0) is 9.84 Å². The first-order valence-corrected chi connectivity index (χ1v) is 6.31. The average Bonchev–Trinajstić information content (AvgIpc) is 2.31. The Bertz CT molecular complexity index is 574. The van der Waals surface area contributed by atoms with E-state index in [0.717, 1.165) is 5.56 Å². The Balaban J connectivity index is 2.52. The van der Waals surface area contributed by atoms with Crippen LogP contribution in [0.4, 0.5) is 0 Å². The van der Waals surface area contributed by atoms with Gasteiger partial charge in [0, 0.05) is 12.4 Å². The zero-order valence-corrected chi connectivity index (χ0v) is 9.61. The average molecular weight is 233 g/mol. The van der Waals surface area contributed by atoms with Crippen molar-refractivity contribution < 1.29 is 8.42 Å². The summed E-state index contributed by atoms with van der Waals surface area (Å²) < 4.78 is 24.2. The minimum absolute atomic E-state index is 0.221. The Morgan fingerprint density at radius 2 is 1.69 bits per heavy atom. The van der Waals surface area contributed by atoms with Crippen LogP contribution in [0.3, 0.4) is 0 Å². The number of hydrogen-bond donors (Lipinski definition) is 0. The minimum atomic E-state index is -3.42. The fraction of sp³-hybridized carbons (Fsp3) is 0.0833. The molecule has 1 aromatic heterocycles. The molecule has 4 heteroatoms. The molecular weight excluding hydrogens is 222 g/mol. The Morgan fingerprint density at radius 1 is 1.00 bits per heavy atom. The summed E-state index contributed by atoms with van der Waals surface area (Å²) in [5, 5.41) is 0. The first-order valence-electron chi connectivity index (χ1n) is 4.82. The SMILES string of the molecule is Cc1ccc(S(=O)(=O)c2cccnc2)cc1. The quantitative estimate of drug-likeness (QED) is 0.799. The molecule has 0 N–H and O–H groups in total. The first kappa shape index (κ1) is 10.8. The summed E-state index contributed by atoms with van der Waals surface area (Å²) in [5.41, 5.74) is 1.03. The fourth-order valence-corrected chi connectivity index (χ4v) is 2.58. The lowest BCUT2D eigenvalue weighted by atomic mass is 10.2. The first-order chi connectivity index (χ1) is 7.60. The number of sulfone groups is 1. The maximum atomic E-state index is 12.1. The van der Waals surface area contributed by atoms with Crippen molar-refractivity contribution >= 4 is 9.84 Å². The summed E-state index contributed by atoms with van der Waals surface area (Å²) in [5.74, 6) is 0. The number of aryl methyl sites for hydroxylation is 1. The molecule has 0 aliphatic rings. The van der Waals surface area contributed by atoms with Gasteiger partial charge in [-0.25, -0.2) is 8.42 Å². The summed E-state index contributed by atoms with van der Waals surface area (Å²) in [6.45, 7) is 1.92. The second-order valence-electron chi connectivity index (χ2n) is 3.51. The lowest BCUT2D eigenvalue weighted by Crippen LogP contribution is -2.01. The van der Waals surface area contributed by atoms with Gasteiger partial charge in [-0.15, -0.1) is 0 Å². The normalized spacial score (nSPS) is 11.3. The molecule has 2 aromatic rings. The Kier molecular flexibility index (Phi) is 2.75. The third-order valence-electron chi connectivity index (χ3n) is 2.28. The summed E-state index contributed by atoms with van der Waals surface area (Å²) >= 11 is 0. The maximum absolute atomic E-state index is 12.1. The molecule has 0 atom stereocenters. The van der Waals surface area contributed by atoms with Gasteiger partial charge in [-0.1, -0.05) is 17.7 Å². The Morgan fingerprint density at radius 3 is 2.25 bits per heavy atom. The predicted octanol–water partition coefficient (Wildman–Crippen LogP) is 2.22. The largest absolute Gasteiger partial charge is 0.263 e. The van der Waals surface area contributed by atoms with Crippen LogP contribution < -0.4 is 0 Å². The zero-order valence-electron chi connectivity index (χ0n) is 8.79. The molecule has 0 spiro atoms.